The van der Waals surface area contributed by atoms with Gasteiger partial charge in [0.05, 0.1) is 12.4 Å². The molecule has 256 valence electrons. The van der Waals surface area contributed by atoms with E-state index in [-0.39, 0.29) is 30.7 Å². The SMILES string of the molecule is CCn1cnc([C@H]2O[C@@H](n3cnc4c(NCC(c5ccccc5)c5ccccc5)nc(NCC(O)c5ccccc5)nc43)[C@H](O)[C@@H]2OC=O)n1. The summed E-state index contributed by atoms with van der Waals surface area (Å²) in [6, 6.07) is 29.7. The predicted octanol–water partition coefficient (Wildman–Crippen LogP) is 4.00. The van der Waals surface area contributed by atoms with E-state index in [9.17, 15) is 15.0 Å². The fourth-order valence-electron chi connectivity index (χ4n) is 6.18. The van der Waals surface area contributed by atoms with Crippen molar-refractivity contribution in [3.63, 3.8) is 0 Å². The number of aliphatic hydroxyl groups excluding tert-OH is 2. The minimum Gasteiger partial charge on any atom is -0.458 e. The van der Waals surface area contributed by atoms with Crippen LogP contribution in [0, 0.1) is 0 Å². The lowest BCUT2D eigenvalue weighted by atomic mass is 9.91. The highest BCUT2D eigenvalue weighted by Crippen LogP contribution is 2.40. The quantitative estimate of drug-likeness (QED) is 0.122. The average molecular weight is 676 g/mol. The van der Waals surface area contributed by atoms with Gasteiger partial charge in [-0.3, -0.25) is 14.0 Å². The van der Waals surface area contributed by atoms with Gasteiger partial charge in [0.25, 0.3) is 6.47 Å². The van der Waals surface area contributed by atoms with E-state index < -0.39 is 30.6 Å². The van der Waals surface area contributed by atoms with Crippen molar-refractivity contribution in [2.45, 2.75) is 50.0 Å². The summed E-state index contributed by atoms with van der Waals surface area (Å²) in [5.41, 5.74) is 3.77. The number of rotatable bonds is 14. The molecular weight excluding hydrogens is 638 g/mol. The van der Waals surface area contributed by atoms with Crippen molar-refractivity contribution >= 4 is 29.4 Å². The van der Waals surface area contributed by atoms with Gasteiger partial charge in [-0.25, -0.2) is 9.97 Å². The average Bonchev–Trinajstić information content (AvgIpc) is 3.90. The number of nitrogens with one attached hydrogen (secondary N) is 2. The lowest BCUT2D eigenvalue weighted by molar-refractivity contribution is -0.140. The topological polar surface area (TPSA) is 174 Å². The Bertz CT molecular complexity index is 1970. The zero-order valence-electron chi connectivity index (χ0n) is 27.2. The molecule has 50 heavy (non-hydrogen) atoms. The maximum absolute atomic E-state index is 11.5. The lowest BCUT2D eigenvalue weighted by Crippen LogP contribution is -2.31. The molecule has 0 spiro atoms. The van der Waals surface area contributed by atoms with Crippen LogP contribution in [0.25, 0.3) is 11.2 Å². The third kappa shape index (κ3) is 6.76. The second-order valence-electron chi connectivity index (χ2n) is 11.9. The van der Waals surface area contributed by atoms with Crippen LogP contribution in [0.4, 0.5) is 11.8 Å². The second kappa shape index (κ2) is 14.8. The fourth-order valence-corrected chi connectivity index (χ4v) is 6.18. The standard InChI is InChI=1S/C36H37N9O5/c1-2-44-20-40-33(43-44)31-30(49-22-46)29(48)35(50-31)45-21-39-28-32(37-18-26(23-12-6-3-7-13-23)24-14-8-4-9-15-24)41-36(42-34(28)45)38-19-27(47)25-16-10-5-11-17-25/h3-17,20-22,26-27,29-31,35,47-48H,2,18-19H2,1H3,(H2,37,38,41,42)/t27?,29-,30+,31+,35-/m1/s1. The number of ether oxygens (including phenoxy) is 2. The van der Waals surface area contributed by atoms with Crippen molar-refractivity contribution in [3.8, 4) is 0 Å². The highest BCUT2D eigenvalue weighted by molar-refractivity contribution is 5.84. The molecule has 1 aliphatic rings. The lowest BCUT2D eigenvalue weighted by Gasteiger charge is -2.20. The Kier molecular flexibility index (Phi) is 9.73. The number of aromatic nitrogens is 7. The molecule has 0 saturated carbocycles. The van der Waals surface area contributed by atoms with Crippen molar-refractivity contribution in [3.05, 3.63) is 126 Å². The van der Waals surface area contributed by atoms with Crippen LogP contribution in [-0.2, 0) is 20.8 Å². The molecule has 0 radical (unpaired) electrons. The van der Waals surface area contributed by atoms with Crippen LogP contribution in [0.2, 0.25) is 0 Å². The van der Waals surface area contributed by atoms with E-state index in [0.29, 0.717) is 30.1 Å². The molecule has 14 nitrogen and oxygen atoms in total. The predicted molar refractivity (Wildman–Crippen MR) is 184 cm³/mol. The van der Waals surface area contributed by atoms with E-state index >= 15 is 0 Å². The van der Waals surface area contributed by atoms with E-state index in [2.05, 4.69) is 50.0 Å². The Labute approximate surface area is 287 Å². The summed E-state index contributed by atoms with van der Waals surface area (Å²) in [6.45, 7) is 3.37. The molecule has 7 rings (SSSR count). The van der Waals surface area contributed by atoms with E-state index in [4.69, 9.17) is 19.4 Å². The number of benzene rings is 3. The van der Waals surface area contributed by atoms with Gasteiger partial charge < -0.3 is 30.3 Å². The molecule has 4 N–H and O–H groups in total. The Hall–Kier alpha value is -5.70. The van der Waals surface area contributed by atoms with Crippen LogP contribution in [0.1, 0.15) is 53.8 Å². The summed E-state index contributed by atoms with van der Waals surface area (Å²) in [6.07, 6.45) is -2.16. The minimum absolute atomic E-state index is 0.0155. The highest BCUT2D eigenvalue weighted by atomic mass is 16.6. The molecule has 0 amide bonds. The molecule has 1 fully saturated rings. The highest BCUT2D eigenvalue weighted by Gasteiger charge is 2.49. The van der Waals surface area contributed by atoms with Crippen LogP contribution in [-0.4, -0.2) is 76.3 Å². The molecule has 3 aromatic heterocycles. The van der Waals surface area contributed by atoms with E-state index in [1.165, 1.54) is 6.33 Å². The number of carbonyl (C=O) groups excluding carboxylic acids is 1. The van der Waals surface area contributed by atoms with Crippen molar-refractivity contribution in [2.24, 2.45) is 0 Å². The van der Waals surface area contributed by atoms with Crippen molar-refractivity contribution in [1.82, 2.24) is 34.3 Å². The Morgan fingerprint density at radius 1 is 0.880 bits per heavy atom. The third-order valence-corrected chi connectivity index (χ3v) is 8.77. The molecular formula is C36H37N9O5. The summed E-state index contributed by atoms with van der Waals surface area (Å²) in [7, 11) is 0. The van der Waals surface area contributed by atoms with Crippen LogP contribution in [0.5, 0.6) is 0 Å². The molecule has 6 aromatic rings. The number of anilines is 2. The van der Waals surface area contributed by atoms with Crippen molar-refractivity contribution in [1.29, 1.82) is 0 Å². The van der Waals surface area contributed by atoms with Gasteiger partial charge in [-0.05, 0) is 23.6 Å². The van der Waals surface area contributed by atoms with Crippen LogP contribution >= 0.6 is 0 Å². The molecule has 3 aromatic carbocycles. The summed E-state index contributed by atoms with van der Waals surface area (Å²) < 4.78 is 14.8. The molecule has 5 atom stereocenters. The van der Waals surface area contributed by atoms with Gasteiger partial charge in [-0.1, -0.05) is 91.0 Å². The van der Waals surface area contributed by atoms with Crippen LogP contribution < -0.4 is 10.6 Å². The second-order valence-corrected chi connectivity index (χ2v) is 11.9. The molecule has 0 bridgehead atoms. The van der Waals surface area contributed by atoms with Gasteiger partial charge in [0.2, 0.25) is 5.95 Å². The van der Waals surface area contributed by atoms with Gasteiger partial charge in [-0.2, -0.15) is 15.1 Å². The van der Waals surface area contributed by atoms with E-state index in [1.807, 2.05) is 73.7 Å². The molecule has 0 aliphatic carbocycles. The van der Waals surface area contributed by atoms with Crippen molar-refractivity contribution in [2.75, 3.05) is 23.7 Å². The van der Waals surface area contributed by atoms with E-state index in [1.54, 1.807) is 15.6 Å². The maximum atomic E-state index is 11.5. The first kappa shape index (κ1) is 32.8. The largest absolute Gasteiger partial charge is 0.458 e. The molecule has 1 aliphatic heterocycles. The van der Waals surface area contributed by atoms with Gasteiger partial charge in [0.1, 0.15) is 12.4 Å². The van der Waals surface area contributed by atoms with Crippen LogP contribution in [0.15, 0.2) is 104 Å². The van der Waals surface area contributed by atoms with E-state index in [0.717, 1.165) is 16.7 Å². The zero-order chi connectivity index (χ0) is 34.5. The van der Waals surface area contributed by atoms with Crippen molar-refractivity contribution < 1.29 is 24.5 Å². The van der Waals surface area contributed by atoms with Gasteiger partial charge in [-0.15, -0.1) is 0 Å². The number of carbonyl (C=O) groups is 1. The zero-order valence-corrected chi connectivity index (χ0v) is 27.2. The molecule has 1 unspecified atom stereocenters. The summed E-state index contributed by atoms with van der Waals surface area (Å²) in [5.74, 6) is 0.918. The number of fused-ring (bicyclic) bond motifs is 1. The Morgan fingerprint density at radius 3 is 2.16 bits per heavy atom. The number of imidazole rings is 1. The molecule has 1 saturated heterocycles. The summed E-state index contributed by atoms with van der Waals surface area (Å²) in [5, 5.41) is 33.4. The molecule has 4 heterocycles. The fraction of sp³-hybridized carbons (Fsp3) is 0.278. The minimum atomic E-state index is -1.31. The number of hydrogen-bond acceptors (Lipinski definition) is 12. The number of hydrogen-bond donors (Lipinski definition) is 4. The Morgan fingerprint density at radius 2 is 1.54 bits per heavy atom. The number of aliphatic hydroxyl groups is 2. The van der Waals surface area contributed by atoms with Crippen LogP contribution in [0.3, 0.4) is 0 Å². The monoisotopic (exact) mass is 675 g/mol. The van der Waals surface area contributed by atoms with Gasteiger partial charge >= 0.3 is 0 Å². The van der Waals surface area contributed by atoms with Gasteiger partial charge in [0, 0.05) is 25.6 Å². The van der Waals surface area contributed by atoms with Gasteiger partial charge in [0.15, 0.2) is 41.2 Å². The number of nitrogens with zero attached hydrogens (tertiary/aromatic N) is 7. The maximum Gasteiger partial charge on any atom is 0.293 e. The first-order chi connectivity index (χ1) is 24.5. The third-order valence-electron chi connectivity index (χ3n) is 8.77. The first-order valence-electron chi connectivity index (χ1n) is 16.4. The normalized spacial score (nSPS) is 19.4. The smallest absolute Gasteiger partial charge is 0.293 e. The number of aryl methyl sites for hydroxylation is 1. The Balaban J connectivity index is 1.24. The summed E-state index contributed by atoms with van der Waals surface area (Å²) >= 11 is 0. The first-order valence-corrected chi connectivity index (χ1v) is 16.4. The molecule has 14 heteroatoms. The summed E-state index contributed by atoms with van der Waals surface area (Å²) in [4.78, 5) is 30.0.